The Balaban J connectivity index is 1.74. The molecule has 168 valence electrons. The number of hydrogen-bond acceptors (Lipinski definition) is 3. The summed E-state index contributed by atoms with van der Waals surface area (Å²) in [4.78, 5) is 25.8. The molecule has 0 bridgehead atoms. The zero-order chi connectivity index (χ0) is 23.4. The lowest BCUT2D eigenvalue weighted by atomic mass is 10.0. The van der Waals surface area contributed by atoms with Crippen LogP contribution in [0.1, 0.15) is 54.0 Å². The molecule has 2 amide bonds. The first kappa shape index (κ1) is 23.2. The number of nitrogens with one attached hydrogen (secondary N) is 2. The van der Waals surface area contributed by atoms with Crippen LogP contribution in [0.5, 0.6) is 0 Å². The van der Waals surface area contributed by atoms with Gasteiger partial charge >= 0.3 is 0 Å². The van der Waals surface area contributed by atoms with Gasteiger partial charge in [0.15, 0.2) is 0 Å². The average molecular weight is 437 g/mol. The second kappa shape index (κ2) is 9.77. The quantitative estimate of drug-likeness (QED) is 0.581. The number of hydrogen-bond donors (Lipinski definition) is 2. The predicted molar refractivity (Wildman–Crippen MR) is 122 cm³/mol. The summed E-state index contributed by atoms with van der Waals surface area (Å²) in [7, 11) is 0. The van der Waals surface area contributed by atoms with Crippen molar-refractivity contribution in [1.82, 2.24) is 20.4 Å². The van der Waals surface area contributed by atoms with Crippen molar-refractivity contribution in [2.75, 3.05) is 0 Å². The minimum Gasteiger partial charge on any atom is -0.348 e. The number of halogens is 1. The fourth-order valence-electron chi connectivity index (χ4n) is 3.65. The van der Waals surface area contributed by atoms with Crippen molar-refractivity contribution in [1.29, 1.82) is 0 Å². The lowest BCUT2D eigenvalue weighted by molar-refractivity contribution is -0.124. The van der Waals surface area contributed by atoms with E-state index in [0.717, 1.165) is 22.5 Å². The predicted octanol–water partition coefficient (Wildman–Crippen LogP) is 4.26. The zero-order valence-corrected chi connectivity index (χ0v) is 19.0. The van der Waals surface area contributed by atoms with Crippen molar-refractivity contribution < 1.29 is 14.0 Å². The van der Waals surface area contributed by atoms with Crippen molar-refractivity contribution in [2.24, 2.45) is 5.92 Å². The van der Waals surface area contributed by atoms with E-state index in [9.17, 15) is 14.0 Å². The van der Waals surface area contributed by atoms with Crippen LogP contribution in [0, 0.1) is 25.6 Å². The monoisotopic (exact) mass is 436 g/mol. The summed E-state index contributed by atoms with van der Waals surface area (Å²) in [5.74, 6) is -0.946. The van der Waals surface area contributed by atoms with Gasteiger partial charge in [-0.3, -0.25) is 9.59 Å². The Labute approximate surface area is 187 Å². The smallest absolute Gasteiger partial charge is 0.252 e. The van der Waals surface area contributed by atoms with Gasteiger partial charge in [-0.1, -0.05) is 32.0 Å². The molecule has 3 rings (SSSR count). The van der Waals surface area contributed by atoms with E-state index in [2.05, 4.69) is 15.7 Å². The highest BCUT2D eigenvalue weighted by molar-refractivity contribution is 5.98. The molecule has 0 aliphatic rings. The Morgan fingerprint density at radius 1 is 0.969 bits per heavy atom. The van der Waals surface area contributed by atoms with Gasteiger partial charge in [0.25, 0.3) is 5.91 Å². The van der Waals surface area contributed by atoms with Gasteiger partial charge in [0, 0.05) is 16.8 Å². The minimum absolute atomic E-state index is 0.0989. The largest absolute Gasteiger partial charge is 0.348 e. The maximum atomic E-state index is 13.2. The summed E-state index contributed by atoms with van der Waals surface area (Å²) in [5, 5.41) is 10.3. The van der Waals surface area contributed by atoms with Crippen LogP contribution >= 0.6 is 0 Å². The van der Waals surface area contributed by atoms with Crippen molar-refractivity contribution in [2.45, 2.75) is 46.7 Å². The highest BCUT2D eigenvalue weighted by Crippen LogP contribution is 2.21. The SMILES string of the molecule is Cc1ccccc1C(=O)NC(C(=O)NC(C)c1cnn(-c2ccc(F)cc2)c1C)C(C)C. The third-order valence-electron chi connectivity index (χ3n) is 5.57. The minimum atomic E-state index is -0.683. The van der Waals surface area contributed by atoms with Crippen LogP contribution in [-0.2, 0) is 4.79 Å². The van der Waals surface area contributed by atoms with E-state index in [0.29, 0.717) is 5.56 Å². The van der Waals surface area contributed by atoms with Gasteiger partial charge in [0.05, 0.1) is 17.9 Å². The molecular weight excluding hydrogens is 407 g/mol. The second-order valence-electron chi connectivity index (χ2n) is 8.31. The molecule has 3 aromatic rings. The number of nitrogens with zero attached hydrogens (tertiary/aromatic N) is 2. The summed E-state index contributed by atoms with van der Waals surface area (Å²) in [6.45, 7) is 9.42. The van der Waals surface area contributed by atoms with Gasteiger partial charge in [-0.25, -0.2) is 9.07 Å². The first-order chi connectivity index (χ1) is 15.2. The molecule has 2 aromatic carbocycles. The third-order valence-corrected chi connectivity index (χ3v) is 5.57. The van der Waals surface area contributed by atoms with Crippen LogP contribution in [0.2, 0.25) is 0 Å². The van der Waals surface area contributed by atoms with E-state index in [1.165, 1.54) is 12.1 Å². The number of amides is 2. The molecule has 0 saturated carbocycles. The summed E-state index contributed by atoms with van der Waals surface area (Å²) in [5.41, 5.74) is 3.82. The van der Waals surface area contributed by atoms with Crippen molar-refractivity contribution in [3.8, 4) is 5.69 Å². The van der Waals surface area contributed by atoms with E-state index < -0.39 is 6.04 Å². The summed E-state index contributed by atoms with van der Waals surface area (Å²) >= 11 is 0. The van der Waals surface area contributed by atoms with Crippen molar-refractivity contribution in [3.05, 3.63) is 82.9 Å². The molecule has 2 atom stereocenters. The third kappa shape index (κ3) is 5.04. The fraction of sp³-hybridized carbons (Fsp3) is 0.320. The average Bonchev–Trinajstić information content (AvgIpc) is 3.13. The highest BCUT2D eigenvalue weighted by Gasteiger charge is 2.27. The van der Waals surface area contributed by atoms with Gasteiger partial charge < -0.3 is 10.6 Å². The Morgan fingerprint density at radius 2 is 1.62 bits per heavy atom. The molecule has 0 radical (unpaired) electrons. The first-order valence-corrected chi connectivity index (χ1v) is 10.7. The van der Waals surface area contributed by atoms with Crippen molar-refractivity contribution >= 4 is 11.8 Å². The molecule has 1 heterocycles. The number of rotatable bonds is 7. The molecule has 0 aliphatic carbocycles. The lowest BCUT2D eigenvalue weighted by Gasteiger charge is -2.24. The van der Waals surface area contributed by atoms with Crippen LogP contribution in [0.15, 0.2) is 54.7 Å². The van der Waals surface area contributed by atoms with E-state index in [-0.39, 0.29) is 29.6 Å². The maximum Gasteiger partial charge on any atom is 0.252 e. The normalized spacial score (nSPS) is 13.0. The maximum absolute atomic E-state index is 13.2. The molecule has 0 aliphatic heterocycles. The zero-order valence-electron chi connectivity index (χ0n) is 19.0. The molecule has 32 heavy (non-hydrogen) atoms. The fourth-order valence-corrected chi connectivity index (χ4v) is 3.65. The van der Waals surface area contributed by atoms with Crippen LogP contribution in [0.4, 0.5) is 4.39 Å². The Bertz CT molecular complexity index is 1110. The molecule has 6 nitrogen and oxygen atoms in total. The molecule has 2 N–H and O–H groups in total. The molecule has 7 heteroatoms. The van der Waals surface area contributed by atoms with E-state index >= 15 is 0 Å². The van der Waals surface area contributed by atoms with Crippen LogP contribution in [0.25, 0.3) is 5.69 Å². The number of carbonyl (C=O) groups excluding carboxylic acids is 2. The van der Waals surface area contributed by atoms with E-state index in [1.54, 1.807) is 35.1 Å². The standard InChI is InChI=1S/C25H29FN4O2/c1-15(2)23(29-24(31)21-9-7-6-8-16(21)3)25(32)28-17(4)22-14-27-30(18(22)5)20-12-10-19(26)11-13-20/h6-15,17,23H,1-5H3,(H,28,32)(H,29,31). The number of aromatic nitrogens is 2. The van der Waals surface area contributed by atoms with Gasteiger partial charge in [-0.15, -0.1) is 0 Å². The molecular formula is C25H29FN4O2. The van der Waals surface area contributed by atoms with Crippen LogP contribution in [0.3, 0.4) is 0 Å². The number of carbonyl (C=O) groups is 2. The van der Waals surface area contributed by atoms with Gasteiger partial charge in [-0.05, 0) is 62.6 Å². The Hall–Kier alpha value is -3.48. The number of benzene rings is 2. The summed E-state index contributed by atoms with van der Waals surface area (Å²) < 4.78 is 14.9. The number of aryl methyl sites for hydroxylation is 1. The van der Waals surface area contributed by atoms with Gasteiger partial charge in [0.2, 0.25) is 5.91 Å². The summed E-state index contributed by atoms with van der Waals surface area (Å²) in [6.07, 6.45) is 1.69. The molecule has 0 fully saturated rings. The topological polar surface area (TPSA) is 76.0 Å². The van der Waals surface area contributed by atoms with Crippen molar-refractivity contribution in [3.63, 3.8) is 0 Å². The van der Waals surface area contributed by atoms with Crippen LogP contribution in [-0.4, -0.2) is 27.6 Å². The van der Waals surface area contributed by atoms with Crippen LogP contribution < -0.4 is 10.6 Å². The summed E-state index contributed by atoms with van der Waals surface area (Å²) in [6, 6.07) is 12.3. The van der Waals surface area contributed by atoms with Gasteiger partial charge in [0.1, 0.15) is 11.9 Å². The van der Waals surface area contributed by atoms with Gasteiger partial charge in [-0.2, -0.15) is 5.10 Å². The first-order valence-electron chi connectivity index (χ1n) is 10.7. The Kier molecular flexibility index (Phi) is 7.08. The van der Waals surface area contributed by atoms with E-state index in [1.807, 2.05) is 46.8 Å². The molecule has 0 spiro atoms. The Morgan fingerprint density at radius 3 is 2.25 bits per heavy atom. The second-order valence-corrected chi connectivity index (χ2v) is 8.31. The van der Waals surface area contributed by atoms with E-state index in [4.69, 9.17) is 0 Å². The molecule has 0 saturated heterocycles. The molecule has 1 aromatic heterocycles. The lowest BCUT2D eigenvalue weighted by Crippen LogP contribution is -2.50. The highest BCUT2D eigenvalue weighted by atomic mass is 19.1. The molecule has 2 unspecified atom stereocenters.